The van der Waals surface area contributed by atoms with Crippen LogP contribution in [0, 0.1) is 0 Å². The van der Waals surface area contributed by atoms with Gasteiger partial charge >= 0.3 is 12.2 Å². The molecule has 0 N–H and O–H groups in total. The molecule has 270 valence electrons. The number of piperazine rings is 1. The Morgan fingerprint density at radius 1 is 0.714 bits per heavy atom. The van der Waals surface area contributed by atoms with Crippen LogP contribution >= 0.6 is 11.6 Å². The van der Waals surface area contributed by atoms with Gasteiger partial charge in [-0.15, -0.1) is 0 Å². The SMILES string of the molecule is CCCCCCCCCCCCCCCCCCOC(=O)OCOC(=O)N1c2ccc(Cl)cc2N=C(N2CCN(C)CC2)c2ccccc21. The van der Waals surface area contributed by atoms with E-state index in [1.165, 1.54) is 88.4 Å². The predicted molar refractivity (Wildman–Crippen MR) is 199 cm³/mol. The third-order valence-electron chi connectivity index (χ3n) is 9.35. The van der Waals surface area contributed by atoms with Gasteiger partial charge in [-0.05, 0) is 43.8 Å². The fourth-order valence-electron chi connectivity index (χ4n) is 6.43. The number of likely N-dealkylation sites (N-methyl/N-ethyl adjacent to an activating group) is 1. The number of para-hydroxylation sites is 1. The first-order valence-electron chi connectivity index (χ1n) is 18.7. The van der Waals surface area contributed by atoms with Crippen molar-refractivity contribution < 1.29 is 23.8 Å². The van der Waals surface area contributed by atoms with E-state index in [1.807, 2.05) is 24.3 Å². The molecule has 2 aromatic carbocycles. The lowest BCUT2D eigenvalue weighted by molar-refractivity contribution is -0.0127. The van der Waals surface area contributed by atoms with Gasteiger partial charge in [0.1, 0.15) is 5.84 Å². The molecule has 49 heavy (non-hydrogen) atoms. The molecule has 2 aromatic rings. The van der Waals surface area contributed by atoms with Crippen molar-refractivity contribution in [3.63, 3.8) is 0 Å². The number of aliphatic imine (C=N–C) groups is 1. The minimum absolute atomic E-state index is 0.283. The topological polar surface area (TPSA) is 83.9 Å². The summed E-state index contributed by atoms with van der Waals surface area (Å²) in [4.78, 5) is 36.7. The zero-order chi connectivity index (χ0) is 34.7. The lowest BCUT2D eigenvalue weighted by atomic mass is 10.0. The van der Waals surface area contributed by atoms with Crippen LogP contribution in [0.3, 0.4) is 0 Å². The molecule has 0 spiro atoms. The summed E-state index contributed by atoms with van der Waals surface area (Å²) in [5.74, 6) is 0.774. The number of amides is 1. The monoisotopic (exact) mass is 696 g/mol. The average molecular weight is 697 g/mol. The summed E-state index contributed by atoms with van der Waals surface area (Å²) in [6, 6.07) is 12.8. The maximum atomic E-state index is 13.6. The number of amidine groups is 1. The van der Waals surface area contributed by atoms with Crippen LogP contribution in [0.25, 0.3) is 0 Å². The third-order valence-corrected chi connectivity index (χ3v) is 9.59. The van der Waals surface area contributed by atoms with Crippen LogP contribution < -0.4 is 4.90 Å². The average Bonchev–Trinajstić information content (AvgIpc) is 3.24. The van der Waals surface area contributed by atoms with Gasteiger partial charge in [-0.1, -0.05) is 127 Å². The molecule has 2 heterocycles. The number of halogens is 1. The fourth-order valence-corrected chi connectivity index (χ4v) is 6.60. The van der Waals surface area contributed by atoms with E-state index in [9.17, 15) is 9.59 Å². The second kappa shape index (κ2) is 21.7. The summed E-state index contributed by atoms with van der Waals surface area (Å²) in [5, 5.41) is 0.509. The first-order chi connectivity index (χ1) is 24.0. The molecule has 2 aliphatic heterocycles. The fraction of sp³-hybridized carbons (Fsp3) is 0.615. The van der Waals surface area contributed by atoms with Gasteiger partial charge in [-0.2, -0.15) is 0 Å². The van der Waals surface area contributed by atoms with Crippen LogP contribution in [0.4, 0.5) is 26.7 Å². The van der Waals surface area contributed by atoms with E-state index in [0.717, 1.165) is 56.8 Å². The largest absolute Gasteiger partial charge is 0.511 e. The highest BCUT2D eigenvalue weighted by atomic mass is 35.5. The van der Waals surface area contributed by atoms with E-state index < -0.39 is 19.0 Å². The summed E-state index contributed by atoms with van der Waals surface area (Å²) < 4.78 is 15.7. The number of unbranched alkanes of at least 4 members (excludes halogenated alkanes) is 15. The number of nitrogens with zero attached hydrogens (tertiary/aromatic N) is 4. The Bertz CT molecular complexity index is 1330. The van der Waals surface area contributed by atoms with E-state index in [1.54, 1.807) is 18.2 Å². The molecule has 0 aromatic heterocycles. The van der Waals surface area contributed by atoms with Crippen LogP contribution in [0.1, 0.15) is 115 Å². The van der Waals surface area contributed by atoms with Gasteiger partial charge in [-0.25, -0.2) is 19.5 Å². The molecule has 10 heteroatoms. The van der Waals surface area contributed by atoms with E-state index in [2.05, 4.69) is 23.8 Å². The van der Waals surface area contributed by atoms with E-state index in [4.69, 9.17) is 30.8 Å². The molecule has 0 unspecified atom stereocenters. The number of fused-ring (bicyclic) bond motifs is 2. The summed E-state index contributed by atoms with van der Waals surface area (Å²) in [5.41, 5.74) is 2.50. The van der Waals surface area contributed by atoms with Gasteiger partial charge in [0.15, 0.2) is 0 Å². The number of hydrogen-bond acceptors (Lipinski definition) is 8. The second-order valence-corrected chi connectivity index (χ2v) is 13.7. The number of carbonyl (C=O) groups excluding carboxylic acids is 2. The summed E-state index contributed by atoms with van der Waals surface area (Å²) in [7, 11) is 2.10. The zero-order valence-electron chi connectivity index (χ0n) is 29.8. The second-order valence-electron chi connectivity index (χ2n) is 13.3. The Kier molecular flexibility index (Phi) is 17.1. The van der Waals surface area contributed by atoms with Gasteiger partial charge in [0.25, 0.3) is 0 Å². The van der Waals surface area contributed by atoms with Crippen LogP contribution in [0.15, 0.2) is 47.5 Å². The molecule has 4 rings (SSSR count). The standard InChI is InChI=1S/C39H57ClN4O5/c1-3-4-5-6-7-8-9-10-11-12-13-14-15-16-17-20-29-47-39(46)49-31-48-38(45)44-35-22-19-18-21-33(35)37(43-27-25-42(2)26-28-43)41-34-30-32(40)23-24-36(34)44/h18-19,21-24,30H,3-17,20,25-29,31H2,1-2H3. The maximum absolute atomic E-state index is 13.6. The van der Waals surface area contributed by atoms with Crippen molar-refractivity contribution in [1.29, 1.82) is 0 Å². The van der Waals surface area contributed by atoms with Crippen LogP contribution in [0.5, 0.6) is 0 Å². The van der Waals surface area contributed by atoms with Gasteiger partial charge in [-0.3, -0.25) is 0 Å². The smallest absolute Gasteiger partial charge is 0.434 e. The van der Waals surface area contributed by atoms with Crippen LogP contribution in [-0.4, -0.2) is 74.5 Å². The lowest BCUT2D eigenvalue weighted by Gasteiger charge is -2.35. The molecule has 2 aliphatic rings. The number of anilines is 2. The molecule has 0 bridgehead atoms. The number of carbonyl (C=O) groups is 2. The first-order valence-corrected chi connectivity index (χ1v) is 19.0. The van der Waals surface area contributed by atoms with Gasteiger partial charge in [0.2, 0.25) is 6.79 Å². The van der Waals surface area contributed by atoms with Crippen LogP contribution in [0.2, 0.25) is 5.02 Å². The normalized spacial score (nSPS) is 14.5. The van der Waals surface area contributed by atoms with Crippen molar-refractivity contribution in [2.45, 2.75) is 110 Å². The molecular formula is C39H57ClN4O5. The van der Waals surface area contributed by atoms with Crippen molar-refractivity contribution in [3.05, 3.63) is 53.1 Å². The van der Waals surface area contributed by atoms with Crippen molar-refractivity contribution in [2.24, 2.45) is 4.99 Å². The number of hydrogen-bond donors (Lipinski definition) is 0. The molecule has 1 saturated heterocycles. The minimum atomic E-state index is -0.849. The molecule has 9 nitrogen and oxygen atoms in total. The van der Waals surface area contributed by atoms with E-state index in [-0.39, 0.29) is 6.61 Å². The molecule has 0 radical (unpaired) electrons. The van der Waals surface area contributed by atoms with Gasteiger partial charge in [0.05, 0.1) is 23.7 Å². The Morgan fingerprint density at radius 3 is 1.94 bits per heavy atom. The van der Waals surface area contributed by atoms with Crippen molar-refractivity contribution in [3.8, 4) is 0 Å². The maximum Gasteiger partial charge on any atom is 0.511 e. The molecule has 1 fully saturated rings. The predicted octanol–water partition coefficient (Wildman–Crippen LogP) is 10.6. The van der Waals surface area contributed by atoms with Crippen molar-refractivity contribution >= 4 is 46.7 Å². The van der Waals surface area contributed by atoms with Crippen LogP contribution in [-0.2, 0) is 14.2 Å². The molecular weight excluding hydrogens is 640 g/mol. The van der Waals surface area contributed by atoms with Crippen molar-refractivity contribution in [2.75, 3.05) is 51.5 Å². The summed E-state index contributed by atoms with van der Waals surface area (Å²) in [6.07, 6.45) is 19.0. The van der Waals surface area contributed by atoms with Crippen molar-refractivity contribution in [1.82, 2.24) is 9.80 Å². The molecule has 0 atom stereocenters. The summed E-state index contributed by atoms with van der Waals surface area (Å²) >= 11 is 6.37. The molecule has 0 saturated carbocycles. The molecule has 1 amide bonds. The Balaban J connectivity index is 1.13. The summed E-state index contributed by atoms with van der Waals surface area (Å²) in [6.45, 7) is 5.41. The highest BCUT2D eigenvalue weighted by Gasteiger charge is 2.31. The highest BCUT2D eigenvalue weighted by molar-refractivity contribution is 6.31. The minimum Gasteiger partial charge on any atom is -0.434 e. The quantitative estimate of drug-likeness (QED) is 0.0821. The number of benzene rings is 2. The number of ether oxygens (including phenoxy) is 3. The first kappa shape index (κ1) is 38.5. The van der Waals surface area contributed by atoms with Gasteiger partial charge in [0, 0.05) is 36.8 Å². The Hall–Kier alpha value is -3.30. The zero-order valence-corrected chi connectivity index (χ0v) is 30.6. The van der Waals surface area contributed by atoms with Gasteiger partial charge < -0.3 is 24.0 Å². The van der Waals surface area contributed by atoms with E-state index in [0.29, 0.717) is 22.1 Å². The molecule has 0 aliphatic carbocycles. The Labute approximate surface area is 298 Å². The highest BCUT2D eigenvalue weighted by Crippen LogP contribution is 2.42. The third kappa shape index (κ3) is 12.8. The lowest BCUT2D eigenvalue weighted by Crippen LogP contribution is -2.47. The Morgan fingerprint density at radius 2 is 1.31 bits per heavy atom. The number of rotatable bonds is 19. The van der Waals surface area contributed by atoms with E-state index >= 15 is 0 Å².